The normalized spacial score (nSPS) is 18.4. The summed E-state index contributed by atoms with van der Waals surface area (Å²) in [4.78, 5) is 14.9. The minimum Gasteiger partial charge on any atom is -0.481 e. The highest BCUT2D eigenvalue weighted by Crippen LogP contribution is 2.02. The number of aliphatic carboxylic acids is 1. The van der Waals surface area contributed by atoms with Gasteiger partial charge in [-0.2, -0.15) is 0 Å². The second kappa shape index (κ2) is 8.41. The molecule has 0 atom stereocenters. The Morgan fingerprint density at radius 3 is 2.18 bits per heavy atom. The first kappa shape index (κ1) is 14.4. The van der Waals surface area contributed by atoms with Crippen molar-refractivity contribution in [2.75, 3.05) is 59.1 Å². The summed E-state index contributed by atoms with van der Waals surface area (Å²) in [7, 11) is 0. The lowest BCUT2D eigenvalue weighted by Gasteiger charge is -2.34. The van der Waals surface area contributed by atoms with Gasteiger partial charge in [-0.1, -0.05) is 0 Å². The molecule has 1 heterocycles. The van der Waals surface area contributed by atoms with Crippen molar-refractivity contribution in [3.63, 3.8) is 0 Å². The number of rotatable bonds is 8. The van der Waals surface area contributed by atoms with Crippen LogP contribution in [0, 0.1) is 0 Å². The number of piperazine rings is 1. The zero-order chi connectivity index (χ0) is 12.5. The van der Waals surface area contributed by atoms with Crippen LogP contribution in [0.1, 0.15) is 6.42 Å². The molecule has 0 aromatic carbocycles. The summed E-state index contributed by atoms with van der Waals surface area (Å²) >= 11 is 0. The van der Waals surface area contributed by atoms with Crippen molar-refractivity contribution in [2.45, 2.75) is 6.42 Å². The minimum absolute atomic E-state index is 0.0724. The van der Waals surface area contributed by atoms with Gasteiger partial charge in [0.1, 0.15) is 0 Å². The maximum Gasteiger partial charge on any atom is 0.304 e. The molecule has 1 aliphatic heterocycles. The summed E-state index contributed by atoms with van der Waals surface area (Å²) in [6.45, 7) is 6.42. The Hall–Kier alpha value is -0.690. The monoisotopic (exact) mass is 246 g/mol. The SMILES string of the molecule is O=C(O)CCN1CCN(CCOCCO)CC1. The predicted octanol–water partition coefficient (Wildman–Crippen LogP) is -0.912. The molecule has 0 aromatic rings. The molecule has 6 nitrogen and oxygen atoms in total. The van der Waals surface area contributed by atoms with E-state index in [1.165, 1.54) is 0 Å². The molecular weight excluding hydrogens is 224 g/mol. The van der Waals surface area contributed by atoms with Gasteiger partial charge in [0.05, 0.1) is 26.2 Å². The Labute approximate surface area is 102 Å². The van der Waals surface area contributed by atoms with E-state index in [1.54, 1.807) is 0 Å². The van der Waals surface area contributed by atoms with Gasteiger partial charge >= 0.3 is 5.97 Å². The van der Waals surface area contributed by atoms with Crippen molar-refractivity contribution in [3.8, 4) is 0 Å². The Bertz CT molecular complexity index is 218. The number of aliphatic hydroxyl groups excluding tert-OH is 1. The first-order chi connectivity index (χ1) is 8.22. The van der Waals surface area contributed by atoms with Gasteiger partial charge in [0.25, 0.3) is 0 Å². The molecule has 1 saturated heterocycles. The molecule has 100 valence electrons. The van der Waals surface area contributed by atoms with Crippen LogP contribution in [0.25, 0.3) is 0 Å². The lowest BCUT2D eigenvalue weighted by molar-refractivity contribution is -0.137. The number of carboxylic acid groups (broad SMARTS) is 1. The maximum absolute atomic E-state index is 10.4. The number of carbonyl (C=O) groups is 1. The van der Waals surface area contributed by atoms with Gasteiger partial charge in [0.2, 0.25) is 0 Å². The first-order valence-electron chi connectivity index (χ1n) is 6.07. The molecule has 0 saturated carbocycles. The molecule has 0 radical (unpaired) electrons. The molecule has 0 aliphatic carbocycles. The van der Waals surface area contributed by atoms with E-state index in [-0.39, 0.29) is 13.0 Å². The van der Waals surface area contributed by atoms with Crippen LogP contribution >= 0.6 is 0 Å². The third kappa shape index (κ3) is 6.58. The van der Waals surface area contributed by atoms with Crippen LogP contribution in [0.3, 0.4) is 0 Å². The van der Waals surface area contributed by atoms with Crippen molar-refractivity contribution in [2.24, 2.45) is 0 Å². The average molecular weight is 246 g/mol. The minimum atomic E-state index is -0.732. The fraction of sp³-hybridized carbons (Fsp3) is 0.909. The smallest absolute Gasteiger partial charge is 0.304 e. The van der Waals surface area contributed by atoms with Crippen molar-refractivity contribution < 1.29 is 19.7 Å². The van der Waals surface area contributed by atoms with E-state index in [9.17, 15) is 4.79 Å². The van der Waals surface area contributed by atoms with E-state index in [0.29, 0.717) is 19.8 Å². The summed E-state index contributed by atoms with van der Waals surface area (Å²) in [5.74, 6) is -0.732. The summed E-state index contributed by atoms with van der Waals surface area (Å²) in [6, 6.07) is 0. The second-order valence-electron chi connectivity index (χ2n) is 4.16. The number of hydrogen-bond acceptors (Lipinski definition) is 5. The standard InChI is InChI=1S/C11H22N2O4/c14-8-10-17-9-7-13-5-3-12(4-6-13)2-1-11(15)16/h14H,1-10H2,(H,15,16). The zero-order valence-electron chi connectivity index (χ0n) is 10.2. The quantitative estimate of drug-likeness (QED) is 0.540. The van der Waals surface area contributed by atoms with Crippen molar-refractivity contribution in [3.05, 3.63) is 0 Å². The molecule has 6 heteroatoms. The topological polar surface area (TPSA) is 73.2 Å². The Balaban J connectivity index is 2.03. The van der Waals surface area contributed by atoms with Gasteiger partial charge in [0, 0.05) is 39.3 Å². The number of ether oxygens (including phenoxy) is 1. The van der Waals surface area contributed by atoms with Crippen molar-refractivity contribution in [1.82, 2.24) is 9.80 Å². The molecule has 0 bridgehead atoms. The molecule has 0 spiro atoms. The van der Waals surface area contributed by atoms with Gasteiger partial charge in [-0.25, -0.2) is 0 Å². The third-order valence-electron chi connectivity index (χ3n) is 2.89. The molecule has 0 unspecified atom stereocenters. The van der Waals surface area contributed by atoms with E-state index in [2.05, 4.69) is 9.80 Å². The third-order valence-corrected chi connectivity index (χ3v) is 2.89. The summed E-state index contributed by atoms with van der Waals surface area (Å²) in [5, 5.41) is 17.1. The molecule has 17 heavy (non-hydrogen) atoms. The van der Waals surface area contributed by atoms with E-state index in [4.69, 9.17) is 14.9 Å². The van der Waals surface area contributed by atoms with Crippen LogP contribution in [0.15, 0.2) is 0 Å². The fourth-order valence-electron chi connectivity index (χ4n) is 1.85. The van der Waals surface area contributed by atoms with Crippen LogP contribution < -0.4 is 0 Å². The number of carboxylic acids is 1. The lowest BCUT2D eigenvalue weighted by Crippen LogP contribution is -2.47. The van der Waals surface area contributed by atoms with Crippen LogP contribution in [-0.2, 0) is 9.53 Å². The molecule has 1 aliphatic rings. The highest BCUT2D eigenvalue weighted by Gasteiger charge is 2.16. The predicted molar refractivity (Wildman–Crippen MR) is 63.0 cm³/mol. The van der Waals surface area contributed by atoms with Crippen LogP contribution in [0.2, 0.25) is 0 Å². The Kier molecular flexibility index (Phi) is 7.11. The molecule has 0 aromatic heterocycles. The largest absolute Gasteiger partial charge is 0.481 e. The number of aliphatic hydroxyl groups is 1. The zero-order valence-corrected chi connectivity index (χ0v) is 10.2. The lowest BCUT2D eigenvalue weighted by atomic mass is 10.3. The molecule has 0 amide bonds. The van der Waals surface area contributed by atoms with Gasteiger partial charge in [0.15, 0.2) is 0 Å². The molecule has 1 fully saturated rings. The Morgan fingerprint density at radius 1 is 1.06 bits per heavy atom. The van der Waals surface area contributed by atoms with E-state index < -0.39 is 5.97 Å². The summed E-state index contributed by atoms with van der Waals surface area (Å²) in [6.07, 6.45) is 0.222. The molecule has 2 N–H and O–H groups in total. The van der Waals surface area contributed by atoms with Gasteiger partial charge in [-0.15, -0.1) is 0 Å². The number of hydrogen-bond donors (Lipinski definition) is 2. The highest BCUT2D eigenvalue weighted by molar-refractivity contribution is 5.66. The fourth-order valence-corrected chi connectivity index (χ4v) is 1.85. The van der Waals surface area contributed by atoms with Crippen molar-refractivity contribution >= 4 is 5.97 Å². The maximum atomic E-state index is 10.4. The van der Waals surface area contributed by atoms with E-state index >= 15 is 0 Å². The van der Waals surface area contributed by atoms with Crippen LogP contribution in [0.5, 0.6) is 0 Å². The van der Waals surface area contributed by atoms with Crippen LogP contribution in [-0.4, -0.2) is 85.1 Å². The first-order valence-corrected chi connectivity index (χ1v) is 6.07. The van der Waals surface area contributed by atoms with Crippen LogP contribution in [0.4, 0.5) is 0 Å². The van der Waals surface area contributed by atoms with E-state index in [1.807, 2.05) is 0 Å². The van der Waals surface area contributed by atoms with Gasteiger partial charge in [-0.05, 0) is 0 Å². The highest BCUT2D eigenvalue weighted by atomic mass is 16.5. The summed E-state index contributed by atoms with van der Waals surface area (Å²) in [5.41, 5.74) is 0. The average Bonchev–Trinajstić information content (AvgIpc) is 2.33. The molecule has 1 rings (SSSR count). The molecular formula is C11H22N2O4. The van der Waals surface area contributed by atoms with Gasteiger partial charge in [-0.3, -0.25) is 9.69 Å². The van der Waals surface area contributed by atoms with Gasteiger partial charge < -0.3 is 19.8 Å². The van der Waals surface area contributed by atoms with E-state index in [0.717, 1.165) is 32.7 Å². The summed E-state index contributed by atoms with van der Waals surface area (Å²) < 4.78 is 5.21. The van der Waals surface area contributed by atoms with Crippen molar-refractivity contribution in [1.29, 1.82) is 0 Å². The Morgan fingerprint density at radius 2 is 1.65 bits per heavy atom. The second-order valence-corrected chi connectivity index (χ2v) is 4.16. The number of nitrogens with zero attached hydrogens (tertiary/aromatic N) is 2.